The van der Waals surface area contributed by atoms with E-state index in [4.69, 9.17) is 0 Å². The average Bonchev–Trinajstić information content (AvgIpc) is 2.58. The maximum absolute atomic E-state index is 3.94. The van der Waals surface area contributed by atoms with E-state index in [9.17, 15) is 0 Å². The van der Waals surface area contributed by atoms with Gasteiger partial charge in [-0.1, -0.05) is 0 Å². The first-order valence-electron chi connectivity index (χ1n) is 4.28. The molecular formula is C8H15ClN4. The van der Waals surface area contributed by atoms with E-state index in [1.165, 1.54) is 5.69 Å². The third kappa shape index (κ3) is 2.35. The molecule has 1 aliphatic rings. The number of nitrogens with one attached hydrogen (secondary N) is 1. The minimum Gasteiger partial charge on any atom is -0.366 e. The molecule has 1 aromatic rings. The summed E-state index contributed by atoms with van der Waals surface area (Å²) in [6.07, 6.45) is 3.83. The van der Waals surface area contributed by atoms with Gasteiger partial charge >= 0.3 is 0 Å². The molecule has 0 radical (unpaired) electrons. The van der Waals surface area contributed by atoms with Crippen LogP contribution < -0.4 is 4.90 Å². The van der Waals surface area contributed by atoms with Gasteiger partial charge in [0.2, 0.25) is 0 Å². The van der Waals surface area contributed by atoms with Crippen molar-refractivity contribution in [2.45, 2.75) is 0 Å². The van der Waals surface area contributed by atoms with E-state index in [1.54, 1.807) is 0 Å². The summed E-state index contributed by atoms with van der Waals surface area (Å²) in [5, 5.41) is 6.77. The number of hydrogen-bond donors (Lipinski definition) is 1. The molecule has 0 spiro atoms. The van der Waals surface area contributed by atoms with Crippen molar-refractivity contribution in [3.05, 3.63) is 12.4 Å². The number of aromatic nitrogens is 2. The quantitative estimate of drug-likeness (QED) is 0.724. The maximum Gasteiger partial charge on any atom is 0.0750 e. The van der Waals surface area contributed by atoms with Gasteiger partial charge in [0.25, 0.3) is 0 Å². The van der Waals surface area contributed by atoms with Crippen LogP contribution in [0.3, 0.4) is 0 Å². The predicted octanol–water partition coefficient (Wildman–Crippen LogP) is 0.583. The van der Waals surface area contributed by atoms with Crippen LogP contribution in [0.15, 0.2) is 12.4 Å². The van der Waals surface area contributed by atoms with Crippen LogP contribution in [0.5, 0.6) is 0 Å². The van der Waals surface area contributed by atoms with Crippen LogP contribution in [0.25, 0.3) is 0 Å². The van der Waals surface area contributed by atoms with Crippen molar-refractivity contribution < 1.29 is 0 Å². The lowest BCUT2D eigenvalue weighted by Crippen LogP contribution is -2.44. The van der Waals surface area contributed by atoms with Gasteiger partial charge < -0.3 is 9.80 Å². The molecule has 0 atom stereocenters. The van der Waals surface area contributed by atoms with Crippen LogP contribution in [0.4, 0.5) is 5.69 Å². The van der Waals surface area contributed by atoms with Gasteiger partial charge in [-0.05, 0) is 7.05 Å². The molecule has 1 N–H and O–H groups in total. The molecule has 1 aromatic heterocycles. The summed E-state index contributed by atoms with van der Waals surface area (Å²) in [6.45, 7) is 4.50. The summed E-state index contributed by atoms with van der Waals surface area (Å²) in [6, 6.07) is 0. The SMILES string of the molecule is CN1CCN(c2cn[nH]c2)CC1.Cl. The summed E-state index contributed by atoms with van der Waals surface area (Å²) >= 11 is 0. The number of piperazine rings is 1. The summed E-state index contributed by atoms with van der Waals surface area (Å²) in [5.74, 6) is 0. The van der Waals surface area contributed by atoms with E-state index in [2.05, 4.69) is 27.0 Å². The Morgan fingerprint density at radius 2 is 2.00 bits per heavy atom. The molecule has 0 aliphatic carbocycles. The molecule has 0 amide bonds. The Hall–Kier alpha value is -0.740. The van der Waals surface area contributed by atoms with Crippen LogP contribution in [0, 0.1) is 0 Å². The number of nitrogens with zero attached hydrogens (tertiary/aromatic N) is 3. The second-order valence-electron chi connectivity index (χ2n) is 3.25. The molecular weight excluding hydrogens is 188 g/mol. The van der Waals surface area contributed by atoms with Gasteiger partial charge in [0.05, 0.1) is 11.9 Å². The number of likely N-dealkylation sites (N-methyl/N-ethyl adjacent to an activating group) is 1. The Balaban J connectivity index is 0.000000845. The lowest BCUT2D eigenvalue weighted by Gasteiger charge is -2.32. The first-order chi connectivity index (χ1) is 5.86. The molecule has 5 heteroatoms. The van der Waals surface area contributed by atoms with Gasteiger partial charge in [-0.15, -0.1) is 12.4 Å². The molecule has 1 aliphatic heterocycles. The summed E-state index contributed by atoms with van der Waals surface area (Å²) in [4.78, 5) is 4.69. The molecule has 13 heavy (non-hydrogen) atoms. The number of H-pyrrole nitrogens is 1. The van der Waals surface area contributed by atoms with Crippen molar-refractivity contribution in [2.75, 3.05) is 38.1 Å². The van der Waals surface area contributed by atoms with E-state index < -0.39 is 0 Å². The van der Waals surface area contributed by atoms with Crippen molar-refractivity contribution in [3.63, 3.8) is 0 Å². The zero-order valence-corrected chi connectivity index (χ0v) is 8.55. The fraction of sp³-hybridized carbons (Fsp3) is 0.625. The highest BCUT2D eigenvalue weighted by Crippen LogP contribution is 2.12. The van der Waals surface area contributed by atoms with Gasteiger partial charge in [0, 0.05) is 32.4 Å². The molecule has 4 nitrogen and oxygen atoms in total. The third-order valence-electron chi connectivity index (χ3n) is 2.35. The Kier molecular flexibility index (Phi) is 3.57. The number of rotatable bonds is 1. The topological polar surface area (TPSA) is 35.2 Å². The highest BCUT2D eigenvalue weighted by molar-refractivity contribution is 5.85. The average molecular weight is 203 g/mol. The molecule has 2 heterocycles. The molecule has 0 bridgehead atoms. The highest BCUT2D eigenvalue weighted by atomic mass is 35.5. The second kappa shape index (κ2) is 4.48. The number of hydrogen-bond acceptors (Lipinski definition) is 3. The van der Waals surface area contributed by atoms with Crippen LogP contribution in [-0.2, 0) is 0 Å². The van der Waals surface area contributed by atoms with E-state index in [0.717, 1.165) is 26.2 Å². The van der Waals surface area contributed by atoms with Crippen LogP contribution in [0.1, 0.15) is 0 Å². The number of halogens is 1. The summed E-state index contributed by atoms with van der Waals surface area (Å²) < 4.78 is 0. The molecule has 0 aromatic carbocycles. The Labute approximate surface area is 84.3 Å². The van der Waals surface area contributed by atoms with Gasteiger partial charge in [-0.2, -0.15) is 5.10 Å². The van der Waals surface area contributed by atoms with Crippen LogP contribution in [0.2, 0.25) is 0 Å². The van der Waals surface area contributed by atoms with E-state index in [0.29, 0.717) is 0 Å². The highest BCUT2D eigenvalue weighted by Gasteiger charge is 2.14. The fourth-order valence-corrected chi connectivity index (χ4v) is 1.48. The van der Waals surface area contributed by atoms with E-state index in [-0.39, 0.29) is 12.4 Å². The van der Waals surface area contributed by atoms with Crippen molar-refractivity contribution in [1.82, 2.24) is 15.1 Å². The Morgan fingerprint density at radius 3 is 2.54 bits per heavy atom. The van der Waals surface area contributed by atoms with Crippen LogP contribution >= 0.6 is 12.4 Å². The zero-order chi connectivity index (χ0) is 8.39. The Morgan fingerprint density at radius 1 is 1.31 bits per heavy atom. The lowest BCUT2D eigenvalue weighted by molar-refractivity contribution is 0.313. The minimum absolute atomic E-state index is 0. The molecule has 1 saturated heterocycles. The molecule has 1 fully saturated rings. The largest absolute Gasteiger partial charge is 0.366 e. The smallest absolute Gasteiger partial charge is 0.0750 e. The van der Waals surface area contributed by atoms with Crippen molar-refractivity contribution in [2.24, 2.45) is 0 Å². The van der Waals surface area contributed by atoms with Crippen molar-refractivity contribution >= 4 is 18.1 Å². The second-order valence-corrected chi connectivity index (χ2v) is 3.25. The van der Waals surface area contributed by atoms with Crippen molar-refractivity contribution in [3.8, 4) is 0 Å². The number of aromatic amines is 1. The van der Waals surface area contributed by atoms with Crippen molar-refractivity contribution in [1.29, 1.82) is 0 Å². The van der Waals surface area contributed by atoms with Gasteiger partial charge in [0.15, 0.2) is 0 Å². The van der Waals surface area contributed by atoms with E-state index >= 15 is 0 Å². The predicted molar refractivity (Wildman–Crippen MR) is 55.5 cm³/mol. The first kappa shape index (κ1) is 10.3. The molecule has 0 saturated carbocycles. The summed E-state index contributed by atoms with van der Waals surface area (Å²) in [7, 11) is 2.16. The van der Waals surface area contributed by atoms with Crippen LogP contribution in [-0.4, -0.2) is 48.3 Å². The minimum atomic E-state index is 0. The normalized spacial score (nSPS) is 18.4. The molecule has 0 unspecified atom stereocenters. The Bertz CT molecular complexity index is 228. The monoisotopic (exact) mass is 202 g/mol. The standard InChI is InChI=1S/C8H14N4.ClH/c1-11-2-4-12(5-3-11)8-6-9-10-7-8;/h6-7H,2-5H2,1H3,(H,9,10);1H. The first-order valence-corrected chi connectivity index (χ1v) is 4.28. The lowest BCUT2D eigenvalue weighted by atomic mass is 10.3. The zero-order valence-electron chi connectivity index (χ0n) is 7.73. The fourth-order valence-electron chi connectivity index (χ4n) is 1.48. The summed E-state index contributed by atoms with van der Waals surface area (Å²) in [5.41, 5.74) is 1.21. The number of anilines is 1. The molecule has 74 valence electrons. The molecule has 2 rings (SSSR count). The van der Waals surface area contributed by atoms with Gasteiger partial charge in [-0.25, -0.2) is 0 Å². The van der Waals surface area contributed by atoms with E-state index in [1.807, 2.05) is 12.4 Å². The van der Waals surface area contributed by atoms with Gasteiger partial charge in [0.1, 0.15) is 0 Å². The maximum atomic E-state index is 3.94. The third-order valence-corrected chi connectivity index (χ3v) is 2.35. The van der Waals surface area contributed by atoms with Gasteiger partial charge in [-0.3, -0.25) is 5.10 Å².